The van der Waals surface area contributed by atoms with Gasteiger partial charge in [-0.3, -0.25) is 13.9 Å². The number of nitrogens with one attached hydrogen (secondary N) is 1. The fourth-order valence-electron chi connectivity index (χ4n) is 5.21. The monoisotopic (exact) mass is 679 g/mol. The number of amides is 2. The molecule has 0 radical (unpaired) electrons. The highest BCUT2D eigenvalue weighted by Gasteiger charge is 2.36. The summed E-state index contributed by atoms with van der Waals surface area (Å²) < 4.78 is 70.4. The van der Waals surface area contributed by atoms with Crippen LogP contribution in [0.4, 0.5) is 18.9 Å². The number of sulfonamides is 1. The third-order valence-corrected chi connectivity index (χ3v) is 9.84. The van der Waals surface area contributed by atoms with Gasteiger partial charge in [0, 0.05) is 19.0 Å². The molecule has 2 atom stereocenters. The highest BCUT2D eigenvalue weighted by Crippen LogP contribution is 2.33. The van der Waals surface area contributed by atoms with Gasteiger partial charge in [-0.1, -0.05) is 90.8 Å². The number of anilines is 1. The second-order valence-corrected chi connectivity index (χ2v) is 13.8. The first-order valence-electron chi connectivity index (χ1n) is 15.6. The summed E-state index contributed by atoms with van der Waals surface area (Å²) in [5.74, 6) is -1.19. The minimum absolute atomic E-state index is 0.0487. The van der Waals surface area contributed by atoms with Gasteiger partial charge in [-0.05, 0) is 68.7 Å². The van der Waals surface area contributed by atoms with Crippen LogP contribution in [-0.4, -0.2) is 43.8 Å². The number of hydrogen-bond donors (Lipinski definition) is 1. The van der Waals surface area contributed by atoms with Gasteiger partial charge in [0.1, 0.15) is 12.6 Å². The van der Waals surface area contributed by atoms with Crippen LogP contribution in [0, 0.1) is 13.8 Å². The van der Waals surface area contributed by atoms with E-state index < -0.39 is 46.2 Å². The topological polar surface area (TPSA) is 86.8 Å². The van der Waals surface area contributed by atoms with Gasteiger partial charge in [0.05, 0.1) is 16.1 Å². The molecule has 0 aromatic heterocycles. The molecule has 0 aliphatic rings. The van der Waals surface area contributed by atoms with Crippen molar-refractivity contribution in [2.45, 2.75) is 70.2 Å². The Kier molecular flexibility index (Phi) is 11.7. The van der Waals surface area contributed by atoms with Crippen LogP contribution in [0.3, 0.4) is 0 Å². The van der Waals surface area contributed by atoms with Crippen LogP contribution < -0.4 is 9.62 Å². The van der Waals surface area contributed by atoms with Crippen molar-refractivity contribution in [3.63, 3.8) is 0 Å². The molecule has 11 heteroatoms. The smallest absolute Gasteiger partial charge is 0.352 e. The van der Waals surface area contributed by atoms with E-state index in [1.54, 1.807) is 25.1 Å². The first-order valence-corrected chi connectivity index (χ1v) is 17.1. The Balaban J connectivity index is 1.85. The summed E-state index contributed by atoms with van der Waals surface area (Å²) in [4.78, 5) is 29.6. The molecule has 0 fully saturated rings. The Morgan fingerprint density at radius 3 is 2.08 bits per heavy atom. The van der Waals surface area contributed by atoms with E-state index >= 15 is 0 Å². The lowest BCUT2D eigenvalue weighted by atomic mass is 10.0. The zero-order valence-electron chi connectivity index (χ0n) is 27.4. The van der Waals surface area contributed by atoms with Crippen molar-refractivity contribution in [1.82, 2.24) is 10.2 Å². The Hall–Kier alpha value is -4.64. The number of aryl methyl sites for hydroxylation is 2. The van der Waals surface area contributed by atoms with Crippen molar-refractivity contribution in [2.75, 3.05) is 10.8 Å². The molecule has 0 bridgehead atoms. The van der Waals surface area contributed by atoms with Crippen molar-refractivity contribution in [2.24, 2.45) is 0 Å². The van der Waals surface area contributed by atoms with E-state index in [9.17, 15) is 31.2 Å². The quantitative estimate of drug-likeness (QED) is 0.164. The van der Waals surface area contributed by atoms with E-state index in [1.807, 2.05) is 69.3 Å². The second kappa shape index (κ2) is 15.5. The van der Waals surface area contributed by atoms with Crippen LogP contribution >= 0.6 is 0 Å². The van der Waals surface area contributed by atoms with Crippen LogP contribution in [0.15, 0.2) is 108 Å². The van der Waals surface area contributed by atoms with Crippen molar-refractivity contribution >= 4 is 27.5 Å². The Morgan fingerprint density at radius 1 is 0.812 bits per heavy atom. The Morgan fingerprint density at radius 2 is 1.46 bits per heavy atom. The van der Waals surface area contributed by atoms with Crippen molar-refractivity contribution in [1.29, 1.82) is 0 Å². The largest absolute Gasteiger partial charge is 0.416 e. The molecule has 0 saturated heterocycles. The molecule has 4 rings (SSSR count). The average molecular weight is 680 g/mol. The molecule has 0 aliphatic carbocycles. The lowest BCUT2D eigenvalue weighted by molar-refractivity contribution is -0.140. The van der Waals surface area contributed by atoms with Crippen molar-refractivity contribution in [3.8, 4) is 0 Å². The molecule has 1 N–H and O–H groups in total. The molecule has 4 aromatic rings. The standard InChI is InChI=1S/C37H40F3N3O4S/c1-5-28(4)41-36(45)34(22-29-12-7-6-8-13-29)42(24-30-14-9-11-27(3)21-30)35(44)25-43(32-16-10-15-31(23-32)37(38,39)40)48(46,47)33-19-17-26(2)18-20-33/h6-21,23,28,34H,5,22,24-25H2,1-4H3,(H,41,45)/t28-,34-/m0/s1. The Labute approximate surface area is 280 Å². The molecule has 0 spiro atoms. The fourth-order valence-corrected chi connectivity index (χ4v) is 6.61. The third-order valence-electron chi connectivity index (χ3n) is 8.06. The fraction of sp³-hybridized carbons (Fsp3) is 0.297. The molecule has 254 valence electrons. The van der Waals surface area contributed by atoms with E-state index in [1.165, 1.54) is 23.1 Å². The maximum atomic E-state index is 14.5. The number of carbonyl (C=O) groups is 2. The molecular weight excluding hydrogens is 639 g/mol. The predicted octanol–water partition coefficient (Wildman–Crippen LogP) is 7.07. The van der Waals surface area contributed by atoms with Crippen molar-refractivity contribution < 1.29 is 31.2 Å². The SMILES string of the molecule is CC[C@H](C)NC(=O)[C@H](Cc1ccccc1)N(Cc1cccc(C)c1)C(=O)CN(c1cccc(C(F)(F)F)c1)S(=O)(=O)c1ccc(C)cc1. The van der Waals surface area contributed by atoms with Gasteiger partial charge in [-0.2, -0.15) is 13.2 Å². The van der Waals surface area contributed by atoms with Gasteiger partial charge < -0.3 is 10.2 Å². The summed E-state index contributed by atoms with van der Waals surface area (Å²) in [6, 6.07) is 24.9. The number of halogens is 3. The summed E-state index contributed by atoms with van der Waals surface area (Å²) in [6.45, 7) is 6.50. The van der Waals surface area contributed by atoms with E-state index in [2.05, 4.69) is 5.32 Å². The highest BCUT2D eigenvalue weighted by atomic mass is 32.2. The lowest BCUT2D eigenvalue weighted by Crippen LogP contribution is -2.54. The highest BCUT2D eigenvalue weighted by molar-refractivity contribution is 7.92. The van der Waals surface area contributed by atoms with E-state index in [-0.39, 0.29) is 29.6 Å². The minimum Gasteiger partial charge on any atom is -0.352 e. The van der Waals surface area contributed by atoms with Crippen LogP contribution in [0.1, 0.15) is 48.1 Å². The van der Waals surface area contributed by atoms with Crippen LogP contribution in [-0.2, 0) is 38.8 Å². The summed E-state index contributed by atoms with van der Waals surface area (Å²) in [5.41, 5.74) is 1.75. The molecule has 48 heavy (non-hydrogen) atoms. The first-order chi connectivity index (χ1) is 22.7. The number of nitrogens with zero attached hydrogens (tertiary/aromatic N) is 2. The van der Waals surface area contributed by atoms with Gasteiger partial charge in [0.25, 0.3) is 10.0 Å². The number of hydrogen-bond acceptors (Lipinski definition) is 4. The van der Waals surface area contributed by atoms with Gasteiger partial charge in [-0.25, -0.2) is 8.42 Å². The summed E-state index contributed by atoms with van der Waals surface area (Å²) in [7, 11) is -4.55. The molecule has 7 nitrogen and oxygen atoms in total. The maximum Gasteiger partial charge on any atom is 0.416 e. The maximum absolute atomic E-state index is 14.5. The van der Waals surface area contributed by atoms with Crippen LogP contribution in [0.2, 0.25) is 0 Å². The molecule has 4 aromatic carbocycles. The number of rotatable bonds is 13. The molecular formula is C37H40F3N3O4S. The number of carbonyl (C=O) groups excluding carboxylic acids is 2. The predicted molar refractivity (Wildman–Crippen MR) is 181 cm³/mol. The zero-order valence-corrected chi connectivity index (χ0v) is 28.2. The van der Waals surface area contributed by atoms with E-state index in [0.717, 1.165) is 28.8 Å². The number of alkyl halides is 3. The van der Waals surface area contributed by atoms with Crippen LogP contribution in [0.5, 0.6) is 0 Å². The molecule has 0 unspecified atom stereocenters. The van der Waals surface area contributed by atoms with Crippen LogP contribution in [0.25, 0.3) is 0 Å². The molecule has 0 heterocycles. The van der Waals surface area contributed by atoms with Crippen molar-refractivity contribution in [3.05, 3.63) is 131 Å². The lowest BCUT2D eigenvalue weighted by Gasteiger charge is -2.34. The molecule has 0 aliphatic heterocycles. The first kappa shape index (κ1) is 36.2. The third kappa shape index (κ3) is 9.25. The molecule has 0 saturated carbocycles. The van der Waals surface area contributed by atoms with E-state index in [0.29, 0.717) is 22.4 Å². The normalized spacial score (nSPS) is 13.0. The van der Waals surface area contributed by atoms with Gasteiger partial charge in [0.15, 0.2) is 0 Å². The van der Waals surface area contributed by atoms with E-state index in [4.69, 9.17) is 0 Å². The summed E-state index contributed by atoms with van der Waals surface area (Å²) in [6.07, 6.45) is -4.01. The summed E-state index contributed by atoms with van der Waals surface area (Å²) >= 11 is 0. The molecule has 2 amide bonds. The second-order valence-electron chi connectivity index (χ2n) is 11.9. The minimum atomic E-state index is -4.76. The van der Waals surface area contributed by atoms with Gasteiger partial charge in [0.2, 0.25) is 11.8 Å². The zero-order chi connectivity index (χ0) is 35.1. The number of benzene rings is 4. The van der Waals surface area contributed by atoms with Gasteiger partial charge in [-0.15, -0.1) is 0 Å². The average Bonchev–Trinajstić information content (AvgIpc) is 3.05. The summed E-state index contributed by atoms with van der Waals surface area (Å²) in [5, 5.41) is 2.96. The Bertz CT molecular complexity index is 1810. The van der Waals surface area contributed by atoms with Gasteiger partial charge >= 0.3 is 6.18 Å².